The fraction of sp³-hybridized carbons (Fsp3) is 1.00. The minimum Gasteiger partial charge on any atom is -0.380 e. The lowest BCUT2D eigenvalue weighted by Gasteiger charge is -2.25. The standard InChI is InChI=1S/C10H19NO2/c1-9-7-12-6-2-4-11(9)5-3-10-8-13-10/h9-10H,2-8H2,1H3. The first-order valence-electron chi connectivity index (χ1n) is 5.29. The Hall–Kier alpha value is -0.120. The van der Waals surface area contributed by atoms with Crippen molar-refractivity contribution in [2.75, 3.05) is 32.9 Å². The Balaban J connectivity index is 1.72. The Labute approximate surface area is 80.0 Å². The molecule has 3 nitrogen and oxygen atoms in total. The molecule has 0 radical (unpaired) electrons. The minimum absolute atomic E-state index is 0.566. The summed E-state index contributed by atoms with van der Waals surface area (Å²) >= 11 is 0. The molecule has 0 saturated carbocycles. The molecule has 2 atom stereocenters. The summed E-state index contributed by atoms with van der Waals surface area (Å²) in [5.74, 6) is 0. The van der Waals surface area contributed by atoms with E-state index in [9.17, 15) is 0 Å². The molecule has 2 aliphatic heterocycles. The zero-order valence-corrected chi connectivity index (χ0v) is 8.37. The first-order chi connectivity index (χ1) is 6.36. The number of hydrogen-bond acceptors (Lipinski definition) is 3. The first kappa shape index (κ1) is 9.44. The lowest BCUT2D eigenvalue weighted by molar-refractivity contribution is 0.106. The molecule has 2 saturated heterocycles. The fourth-order valence-electron chi connectivity index (χ4n) is 1.83. The molecule has 2 fully saturated rings. The Bertz CT molecular complexity index is 159. The second kappa shape index (κ2) is 4.40. The molecular weight excluding hydrogens is 166 g/mol. The van der Waals surface area contributed by atoms with Crippen LogP contribution in [0, 0.1) is 0 Å². The predicted molar refractivity (Wildman–Crippen MR) is 50.8 cm³/mol. The quantitative estimate of drug-likeness (QED) is 0.610. The van der Waals surface area contributed by atoms with Crippen molar-refractivity contribution in [2.45, 2.75) is 31.9 Å². The van der Waals surface area contributed by atoms with Crippen LogP contribution in [0.5, 0.6) is 0 Å². The highest BCUT2D eigenvalue weighted by Gasteiger charge is 2.24. The van der Waals surface area contributed by atoms with Gasteiger partial charge in [0.1, 0.15) is 0 Å². The second-order valence-electron chi connectivity index (χ2n) is 4.06. The van der Waals surface area contributed by atoms with Gasteiger partial charge in [0.2, 0.25) is 0 Å². The zero-order valence-electron chi connectivity index (χ0n) is 8.37. The molecule has 0 aromatic rings. The van der Waals surface area contributed by atoms with Gasteiger partial charge in [-0.1, -0.05) is 0 Å². The molecule has 0 spiro atoms. The van der Waals surface area contributed by atoms with Crippen LogP contribution < -0.4 is 0 Å². The van der Waals surface area contributed by atoms with E-state index < -0.39 is 0 Å². The van der Waals surface area contributed by atoms with Gasteiger partial charge in [-0.15, -0.1) is 0 Å². The van der Waals surface area contributed by atoms with Crippen molar-refractivity contribution >= 4 is 0 Å². The van der Waals surface area contributed by atoms with Crippen LogP contribution in [0.1, 0.15) is 19.8 Å². The third-order valence-corrected chi connectivity index (χ3v) is 2.86. The highest BCUT2D eigenvalue weighted by Crippen LogP contribution is 2.16. The van der Waals surface area contributed by atoms with Crippen LogP contribution in [0.3, 0.4) is 0 Å². The van der Waals surface area contributed by atoms with Crippen LogP contribution in [0.15, 0.2) is 0 Å². The topological polar surface area (TPSA) is 25.0 Å². The molecule has 0 aliphatic carbocycles. The molecule has 2 aliphatic rings. The highest BCUT2D eigenvalue weighted by molar-refractivity contribution is 4.75. The number of ether oxygens (including phenoxy) is 2. The van der Waals surface area contributed by atoms with Crippen molar-refractivity contribution in [1.82, 2.24) is 4.90 Å². The van der Waals surface area contributed by atoms with Crippen molar-refractivity contribution in [1.29, 1.82) is 0 Å². The minimum atomic E-state index is 0.566. The fourth-order valence-corrected chi connectivity index (χ4v) is 1.83. The molecule has 2 unspecified atom stereocenters. The first-order valence-corrected chi connectivity index (χ1v) is 5.29. The smallest absolute Gasteiger partial charge is 0.0822 e. The van der Waals surface area contributed by atoms with E-state index in [1.807, 2.05) is 0 Å². The van der Waals surface area contributed by atoms with Gasteiger partial charge >= 0.3 is 0 Å². The van der Waals surface area contributed by atoms with Crippen LogP contribution in [0.25, 0.3) is 0 Å². The maximum atomic E-state index is 5.49. The van der Waals surface area contributed by atoms with E-state index in [1.165, 1.54) is 25.9 Å². The van der Waals surface area contributed by atoms with E-state index in [2.05, 4.69) is 11.8 Å². The SMILES string of the molecule is CC1COCCCN1CCC1CO1. The Morgan fingerprint density at radius 3 is 3.00 bits per heavy atom. The molecule has 0 amide bonds. The maximum Gasteiger partial charge on any atom is 0.0822 e. The molecule has 76 valence electrons. The summed E-state index contributed by atoms with van der Waals surface area (Å²) in [6, 6.07) is 0.584. The summed E-state index contributed by atoms with van der Waals surface area (Å²) in [5, 5.41) is 0. The molecule has 0 aromatic carbocycles. The molecule has 2 heterocycles. The third kappa shape index (κ3) is 2.93. The van der Waals surface area contributed by atoms with E-state index in [0.717, 1.165) is 19.8 Å². The van der Waals surface area contributed by atoms with Gasteiger partial charge in [-0.05, 0) is 19.8 Å². The van der Waals surface area contributed by atoms with Crippen LogP contribution in [0.4, 0.5) is 0 Å². The maximum absolute atomic E-state index is 5.49. The molecular formula is C10H19NO2. The highest BCUT2D eigenvalue weighted by atomic mass is 16.6. The van der Waals surface area contributed by atoms with Crippen molar-refractivity contribution < 1.29 is 9.47 Å². The van der Waals surface area contributed by atoms with E-state index in [-0.39, 0.29) is 0 Å². The largest absolute Gasteiger partial charge is 0.380 e. The second-order valence-corrected chi connectivity index (χ2v) is 4.06. The van der Waals surface area contributed by atoms with Crippen molar-refractivity contribution in [3.05, 3.63) is 0 Å². The molecule has 2 rings (SSSR count). The van der Waals surface area contributed by atoms with Crippen LogP contribution >= 0.6 is 0 Å². The summed E-state index contributed by atoms with van der Waals surface area (Å²) in [7, 11) is 0. The Kier molecular flexibility index (Phi) is 3.19. The third-order valence-electron chi connectivity index (χ3n) is 2.86. The molecule has 0 bridgehead atoms. The van der Waals surface area contributed by atoms with Gasteiger partial charge in [0.15, 0.2) is 0 Å². The number of epoxide rings is 1. The van der Waals surface area contributed by atoms with Gasteiger partial charge in [0.25, 0.3) is 0 Å². The van der Waals surface area contributed by atoms with Gasteiger partial charge in [-0.3, -0.25) is 4.90 Å². The van der Waals surface area contributed by atoms with E-state index in [0.29, 0.717) is 12.1 Å². The van der Waals surface area contributed by atoms with Crippen molar-refractivity contribution in [3.63, 3.8) is 0 Å². The number of hydrogen-bond donors (Lipinski definition) is 0. The zero-order chi connectivity index (χ0) is 9.10. The summed E-state index contributed by atoms with van der Waals surface area (Å²) in [6.45, 7) is 7.42. The lowest BCUT2D eigenvalue weighted by Crippen LogP contribution is -2.36. The van der Waals surface area contributed by atoms with Gasteiger partial charge < -0.3 is 9.47 Å². The van der Waals surface area contributed by atoms with E-state index in [4.69, 9.17) is 9.47 Å². The van der Waals surface area contributed by atoms with E-state index >= 15 is 0 Å². The molecule has 0 aromatic heterocycles. The number of rotatable bonds is 3. The Morgan fingerprint density at radius 1 is 1.38 bits per heavy atom. The molecule has 13 heavy (non-hydrogen) atoms. The monoisotopic (exact) mass is 185 g/mol. The van der Waals surface area contributed by atoms with Gasteiger partial charge in [0.05, 0.1) is 19.3 Å². The summed E-state index contributed by atoms with van der Waals surface area (Å²) in [6.07, 6.45) is 2.94. The Morgan fingerprint density at radius 2 is 2.23 bits per heavy atom. The summed E-state index contributed by atoms with van der Waals surface area (Å²) < 4.78 is 10.7. The van der Waals surface area contributed by atoms with Gasteiger partial charge in [-0.25, -0.2) is 0 Å². The average Bonchev–Trinajstić information content (AvgIpc) is 2.90. The van der Waals surface area contributed by atoms with Crippen LogP contribution in [0.2, 0.25) is 0 Å². The molecule has 3 heteroatoms. The predicted octanol–water partition coefficient (Wildman–Crippen LogP) is 0.886. The lowest BCUT2D eigenvalue weighted by atomic mass is 10.2. The summed E-state index contributed by atoms with van der Waals surface area (Å²) in [4.78, 5) is 2.52. The van der Waals surface area contributed by atoms with Crippen molar-refractivity contribution in [3.8, 4) is 0 Å². The van der Waals surface area contributed by atoms with Crippen LogP contribution in [-0.2, 0) is 9.47 Å². The molecule has 0 N–H and O–H groups in total. The van der Waals surface area contributed by atoms with Crippen LogP contribution in [-0.4, -0.2) is 50.0 Å². The number of nitrogens with zero attached hydrogens (tertiary/aromatic N) is 1. The average molecular weight is 185 g/mol. The van der Waals surface area contributed by atoms with Gasteiger partial charge in [-0.2, -0.15) is 0 Å². The van der Waals surface area contributed by atoms with Gasteiger partial charge in [0, 0.05) is 25.7 Å². The summed E-state index contributed by atoms with van der Waals surface area (Å²) in [5.41, 5.74) is 0. The van der Waals surface area contributed by atoms with E-state index in [1.54, 1.807) is 0 Å². The van der Waals surface area contributed by atoms with Crippen molar-refractivity contribution in [2.24, 2.45) is 0 Å². The normalized spacial score (nSPS) is 35.8.